The van der Waals surface area contributed by atoms with Gasteiger partial charge in [-0.25, -0.2) is 0 Å². The standard InChI is InChI=1S/C54H76N2O7/c1-5-9-10-11-12-13-14-15-16-27-51(59)56(32-6-2)50-39-48(55-61-8-4)46-37-42(25-19-21-33-57)45(26-20-22-34-58)52-47-38-44(62-43-29-28-40-23-17-18-24-41(40)36-43)30-31-49(47)63-54(50,53(46)52)60-35-7-3/h7,17-18,23-24,28-31,36-38,42,45,50,52-53,57-58H,3,5-6,8-16,19-22,25-27,32-35,39H2,1-2,4H3/t42-,45+,50-,52+,53+,54+/m0/s1. The molecule has 0 saturated heterocycles. The van der Waals surface area contributed by atoms with Gasteiger partial charge in [0.1, 0.15) is 29.9 Å². The third-order valence-corrected chi connectivity index (χ3v) is 13.6. The van der Waals surface area contributed by atoms with Crippen LogP contribution in [-0.4, -0.2) is 71.5 Å². The second-order valence-corrected chi connectivity index (χ2v) is 18.0. The van der Waals surface area contributed by atoms with Crippen molar-refractivity contribution < 1.29 is 34.1 Å². The number of unbranched alkanes of at least 4 members (excludes halogenated alkanes) is 10. The Morgan fingerprint density at radius 1 is 0.841 bits per heavy atom. The fraction of sp³-hybridized carbons (Fsp3) is 0.593. The van der Waals surface area contributed by atoms with Crippen molar-refractivity contribution in [2.45, 2.75) is 154 Å². The first-order chi connectivity index (χ1) is 30.9. The van der Waals surface area contributed by atoms with Gasteiger partial charge in [-0.2, -0.15) is 0 Å². The lowest BCUT2D eigenvalue weighted by atomic mass is 9.55. The van der Waals surface area contributed by atoms with E-state index in [1.807, 2.05) is 37.3 Å². The number of allylic oxidation sites excluding steroid dienone is 1. The van der Waals surface area contributed by atoms with Crippen LogP contribution in [0, 0.1) is 17.8 Å². The van der Waals surface area contributed by atoms with Crippen LogP contribution < -0.4 is 9.47 Å². The van der Waals surface area contributed by atoms with Gasteiger partial charge in [-0.05, 0) is 104 Å². The number of oxime groups is 1. The van der Waals surface area contributed by atoms with Crippen molar-refractivity contribution in [2.24, 2.45) is 22.9 Å². The van der Waals surface area contributed by atoms with Crippen molar-refractivity contribution in [2.75, 3.05) is 33.0 Å². The van der Waals surface area contributed by atoms with E-state index in [0.29, 0.717) is 38.2 Å². The van der Waals surface area contributed by atoms with E-state index in [-0.39, 0.29) is 49.4 Å². The average molecular weight is 865 g/mol. The molecule has 1 amide bonds. The summed E-state index contributed by atoms with van der Waals surface area (Å²) >= 11 is 0. The summed E-state index contributed by atoms with van der Waals surface area (Å²) in [4.78, 5) is 22.7. The predicted molar refractivity (Wildman–Crippen MR) is 254 cm³/mol. The summed E-state index contributed by atoms with van der Waals surface area (Å²) < 4.78 is 21.3. The Morgan fingerprint density at radius 2 is 1.54 bits per heavy atom. The average Bonchev–Trinajstić information content (AvgIpc) is 3.30. The summed E-state index contributed by atoms with van der Waals surface area (Å²) in [6.45, 7) is 11.9. The van der Waals surface area contributed by atoms with Crippen molar-refractivity contribution in [3.8, 4) is 17.2 Å². The molecule has 3 aromatic carbocycles. The molecule has 0 radical (unpaired) electrons. The summed E-state index contributed by atoms with van der Waals surface area (Å²) in [6.07, 6.45) is 21.5. The van der Waals surface area contributed by atoms with E-state index in [4.69, 9.17) is 24.2 Å². The molecule has 1 heterocycles. The number of aliphatic hydroxyl groups excluding tert-OH is 2. The molecule has 344 valence electrons. The van der Waals surface area contributed by atoms with E-state index in [2.05, 4.69) is 61.7 Å². The minimum absolute atomic E-state index is 0.109. The van der Waals surface area contributed by atoms with Gasteiger partial charge in [0.15, 0.2) is 0 Å². The quantitative estimate of drug-likeness (QED) is 0.0425. The lowest BCUT2D eigenvalue weighted by Crippen LogP contribution is -2.70. The molecular weight excluding hydrogens is 789 g/mol. The molecule has 1 saturated carbocycles. The molecule has 6 rings (SSSR count). The van der Waals surface area contributed by atoms with Crippen LogP contribution in [0.2, 0.25) is 0 Å². The largest absolute Gasteiger partial charge is 0.459 e. The Kier molecular flexibility index (Phi) is 19.0. The molecular formula is C54H76N2O7. The lowest BCUT2D eigenvalue weighted by Gasteiger charge is -2.60. The van der Waals surface area contributed by atoms with Gasteiger partial charge < -0.3 is 34.2 Å². The third kappa shape index (κ3) is 11.9. The number of amides is 1. The lowest BCUT2D eigenvalue weighted by molar-refractivity contribution is -0.257. The molecule has 0 unspecified atom stereocenters. The Bertz CT molecular complexity index is 1960. The maximum absolute atomic E-state index is 14.7. The minimum Gasteiger partial charge on any atom is -0.459 e. The van der Waals surface area contributed by atoms with E-state index >= 15 is 0 Å². The van der Waals surface area contributed by atoms with Crippen LogP contribution in [0.5, 0.6) is 17.2 Å². The zero-order chi connectivity index (χ0) is 44.4. The van der Waals surface area contributed by atoms with Gasteiger partial charge >= 0.3 is 0 Å². The SMILES string of the molecule is C=CCO[C@@]12Oc3ccc(Oc4ccc5ccccc5c4)cc3[C@H]3[C@H](CCCCO)[C@@H](CCCCO)C=C(C(=NOCC)C[C@@H]1N(CCC)C(=O)CCCCCCCCCCC)[C@H]32. The summed E-state index contributed by atoms with van der Waals surface area (Å²) in [6, 6.07) is 20.1. The number of benzene rings is 3. The van der Waals surface area contributed by atoms with E-state index in [1.54, 1.807) is 6.08 Å². The number of nitrogens with zero attached hydrogens (tertiary/aromatic N) is 2. The van der Waals surface area contributed by atoms with Gasteiger partial charge in [0.05, 0.1) is 18.2 Å². The zero-order valence-corrected chi connectivity index (χ0v) is 38.6. The van der Waals surface area contributed by atoms with Gasteiger partial charge in [-0.15, -0.1) is 6.58 Å². The number of hydrogen-bond acceptors (Lipinski definition) is 8. The molecule has 0 aromatic heterocycles. The summed E-state index contributed by atoms with van der Waals surface area (Å²) in [5.41, 5.74) is 2.93. The van der Waals surface area contributed by atoms with Crippen LogP contribution in [0.3, 0.4) is 0 Å². The molecule has 2 N–H and O–H groups in total. The van der Waals surface area contributed by atoms with Crippen molar-refractivity contribution in [3.05, 3.63) is 90.5 Å². The molecule has 0 spiro atoms. The molecule has 2 aliphatic carbocycles. The van der Waals surface area contributed by atoms with Crippen LogP contribution in [0.25, 0.3) is 10.8 Å². The minimum atomic E-state index is -1.25. The molecule has 6 atom stereocenters. The van der Waals surface area contributed by atoms with Crippen molar-refractivity contribution in [1.82, 2.24) is 4.90 Å². The van der Waals surface area contributed by atoms with Gasteiger partial charge in [0.25, 0.3) is 0 Å². The van der Waals surface area contributed by atoms with Gasteiger partial charge in [-0.3, -0.25) is 4.79 Å². The molecule has 1 aliphatic heterocycles. The fourth-order valence-electron chi connectivity index (χ4n) is 10.6. The third-order valence-electron chi connectivity index (χ3n) is 13.6. The zero-order valence-electron chi connectivity index (χ0n) is 38.6. The first kappa shape index (κ1) is 48.3. The second kappa shape index (κ2) is 24.8. The molecule has 0 bridgehead atoms. The molecule has 1 fully saturated rings. The number of ether oxygens (including phenoxy) is 3. The molecule has 3 aliphatic rings. The number of fused-ring (bicyclic) bond motifs is 3. The van der Waals surface area contributed by atoms with Crippen LogP contribution in [0.1, 0.15) is 148 Å². The monoisotopic (exact) mass is 865 g/mol. The Balaban J connectivity index is 1.44. The maximum Gasteiger partial charge on any atom is 0.239 e. The van der Waals surface area contributed by atoms with Gasteiger partial charge in [0.2, 0.25) is 11.7 Å². The van der Waals surface area contributed by atoms with E-state index < -0.39 is 11.8 Å². The maximum atomic E-state index is 14.7. The normalized spacial score (nSPS) is 23.1. The first-order valence-electron chi connectivity index (χ1n) is 24.6. The predicted octanol–water partition coefficient (Wildman–Crippen LogP) is 12.4. The van der Waals surface area contributed by atoms with Gasteiger partial charge in [0, 0.05) is 44.1 Å². The van der Waals surface area contributed by atoms with Crippen molar-refractivity contribution in [1.29, 1.82) is 0 Å². The number of carbonyl (C=O) groups excluding carboxylic acids is 1. The molecule has 9 nitrogen and oxygen atoms in total. The van der Waals surface area contributed by atoms with Crippen LogP contribution in [-0.2, 0) is 14.4 Å². The van der Waals surface area contributed by atoms with E-state index in [0.717, 1.165) is 96.9 Å². The van der Waals surface area contributed by atoms with Gasteiger partial charge in [-0.1, -0.05) is 126 Å². The summed E-state index contributed by atoms with van der Waals surface area (Å²) in [7, 11) is 0. The van der Waals surface area contributed by atoms with Crippen molar-refractivity contribution >= 4 is 22.4 Å². The molecule has 3 aromatic rings. The Hall–Kier alpha value is -4.18. The highest BCUT2D eigenvalue weighted by atomic mass is 16.7. The van der Waals surface area contributed by atoms with Crippen molar-refractivity contribution in [3.63, 3.8) is 0 Å². The topological polar surface area (TPSA) is 110 Å². The fourth-order valence-corrected chi connectivity index (χ4v) is 10.6. The highest BCUT2D eigenvalue weighted by Crippen LogP contribution is 2.62. The Labute approximate surface area is 377 Å². The highest BCUT2D eigenvalue weighted by Gasteiger charge is 2.65. The van der Waals surface area contributed by atoms with Crippen LogP contribution in [0.15, 0.2) is 90.1 Å². The summed E-state index contributed by atoms with van der Waals surface area (Å²) in [5.74, 6) is 0.912. The molecule has 9 heteroatoms. The number of rotatable bonds is 28. The molecule has 63 heavy (non-hydrogen) atoms. The van der Waals surface area contributed by atoms with Crippen LogP contribution >= 0.6 is 0 Å². The number of hydrogen-bond donors (Lipinski definition) is 2. The number of carbonyl (C=O) groups is 1. The number of aliphatic hydroxyl groups is 2. The van der Waals surface area contributed by atoms with E-state index in [9.17, 15) is 15.0 Å². The first-order valence-corrected chi connectivity index (χ1v) is 24.6. The Morgan fingerprint density at radius 3 is 2.25 bits per heavy atom. The smallest absolute Gasteiger partial charge is 0.239 e. The van der Waals surface area contributed by atoms with Crippen LogP contribution in [0.4, 0.5) is 0 Å². The summed E-state index contributed by atoms with van der Waals surface area (Å²) in [5, 5.41) is 27.0. The van der Waals surface area contributed by atoms with E-state index in [1.165, 1.54) is 38.5 Å². The second-order valence-electron chi connectivity index (χ2n) is 18.0. The highest BCUT2D eigenvalue weighted by molar-refractivity contribution is 6.03.